The number of benzene rings is 4. The minimum absolute atomic E-state index is 0.114. The van der Waals surface area contributed by atoms with Crippen LogP contribution in [0.4, 0.5) is 16.2 Å². The standard InChI is InChI=1S/C24H27N3O11P2.C20H26N2O12P2.C19H23N3O14P2/c25-17-8-6-16(7-9-17)14-39(30,31)38-40(32,33)34-13-18-21-22(23(35-18)27-11-10-19(28)26-24(27)29)37-20(36-21)12-15-4-2-1-3-5-15;1-20(2,3)35(27,28)34-36(29,30)31-11-13-15(24)16(33-18(25)12-7-5-4-6-8-12)17(32-13)22-10-9-14(23)21-19(22)26;23-13-6-8-22(18(27)21-13)17-16(35-19(28)20-11-4-2-1-3-5-11)15(26)12(34-17)10-33-38(31,32)36-37(29,30)9-7-14(24)25/h1-11,18,20-23H,12-14,25H2,(H,30,31)(H,32,33)(H,26,28,29);4-10,13,15-17,24H,11H2,1-3H3,(H,27,28)(H,29,30)(H,21,23,26);1-6,8,12,15-17,26H,7,9-10H2,(H,20,28)(H,24,25)(H,29,30)(H,31,32)(H,21,23,27)/p-6/t18-,20?,21+,22?,23-;13-,15+,16?,17-;12-,15+,16?,17-/m111/s1. The van der Waals surface area contributed by atoms with Crippen LogP contribution in [0.15, 0.2) is 181 Å². The molecule has 0 spiro atoms. The predicted octanol–water partition coefficient (Wildman–Crippen LogP) is -0.560. The van der Waals surface area contributed by atoms with E-state index in [1.54, 1.807) is 36.4 Å². The molecule has 0 radical (unpaired) electrons. The number of hydrogen-bond donors (Lipinski definition) is 8. The average molecular weight is 1720 g/mol. The number of ether oxygens (including phenoxy) is 7. The Labute approximate surface area is 641 Å². The highest BCUT2D eigenvalue weighted by Gasteiger charge is 2.55. The van der Waals surface area contributed by atoms with Gasteiger partial charge in [-0.2, -0.15) is 0 Å². The number of para-hydroxylation sites is 1. The third-order valence-electron chi connectivity index (χ3n) is 16.3. The lowest BCUT2D eigenvalue weighted by molar-refractivity contribution is -0.237. The maximum absolute atomic E-state index is 12.6. The monoisotopic (exact) mass is 1720 g/mol. The molecule has 3 aromatic heterocycles. The Balaban J connectivity index is 0.000000196. The molecule has 11 rings (SSSR count). The van der Waals surface area contributed by atoms with Gasteiger partial charge in [0.15, 0.2) is 37.2 Å². The van der Waals surface area contributed by atoms with Gasteiger partial charge in [-0.1, -0.05) is 99.6 Å². The average Bonchev–Trinajstić information content (AvgIpc) is 1.61. The van der Waals surface area contributed by atoms with Crippen molar-refractivity contribution < 1.29 is 146 Å². The molecule has 0 aliphatic carbocycles. The zero-order valence-corrected chi connectivity index (χ0v) is 64.6. The molecule has 9 N–H and O–H groups in total. The van der Waals surface area contributed by atoms with Gasteiger partial charge in [-0.15, -0.1) is 0 Å². The number of nitrogen functional groups attached to an aromatic ring is 1. The summed E-state index contributed by atoms with van der Waals surface area (Å²) in [6, 6.07) is 33.8. The summed E-state index contributed by atoms with van der Waals surface area (Å²) in [5.41, 5.74) is 2.73. The van der Waals surface area contributed by atoms with Crippen LogP contribution in [-0.2, 0) is 104 Å². The number of rotatable bonds is 29. The van der Waals surface area contributed by atoms with E-state index in [-0.39, 0.29) is 11.1 Å². The van der Waals surface area contributed by atoms with Crippen LogP contribution in [0.3, 0.4) is 0 Å². The first-order valence-electron chi connectivity index (χ1n) is 33.2. The van der Waals surface area contributed by atoms with Crippen molar-refractivity contribution in [2.75, 3.05) is 37.0 Å². The number of nitrogens with one attached hydrogen (secondary N) is 4. The highest BCUT2D eigenvalue weighted by Crippen LogP contribution is 2.62. The molecule has 1 amide bonds. The number of fused-ring (bicyclic) bond motifs is 1. The molecule has 0 saturated carbocycles. The summed E-state index contributed by atoms with van der Waals surface area (Å²) in [6.07, 6.45) is -18.0. The van der Waals surface area contributed by atoms with Crippen LogP contribution in [0.2, 0.25) is 0 Å². The van der Waals surface area contributed by atoms with Crippen molar-refractivity contribution in [3.63, 3.8) is 0 Å². The zero-order valence-electron chi connectivity index (χ0n) is 59.2. The van der Waals surface area contributed by atoms with Crippen molar-refractivity contribution in [1.29, 1.82) is 0 Å². The lowest BCUT2D eigenvalue weighted by Crippen LogP contribution is -2.41. The van der Waals surface area contributed by atoms with Gasteiger partial charge in [-0.3, -0.25) is 79.8 Å². The van der Waals surface area contributed by atoms with Gasteiger partial charge in [0, 0.05) is 72.1 Å². The number of carboxylic acids is 1. The maximum Gasteiger partial charge on any atom is 0.412 e. The van der Waals surface area contributed by atoms with Crippen molar-refractivity contribution in [2.45, 2.75) is 125 Å². The first-order chi connectivity index (χ1) is 53.3. The lowest BCUT2D eigenvalue weighted by Gasteiger charge is -2.39. The van der Waals surface area contributed by atoms with Gasteiger partial charge in [0.05, 0.1) is 31.8 Å². The van der Waals surface area contributed by atoms with Gasteiger partial charge >= 0.3 is 35.1 Å². The Hall–Kier alpha value is -8.45. The third kappa shape index (κ3) is 25.0. The number of anilines is 2. The molecule has 4 aromatic carbocycles. The number of H-pyrrole nitrogens is 3. The van der Waals surface area contributed by atoms with Gasteiger partial charge < -0.3 is 111 Å². The molecule has 19 atom stereocenters. The van der Waals surface area contributed by atoms with E-state index >= 15 is 0 Å². The van der Waals surface area contributed by atoms with Crippen LogP contribution in [-0.4, -0.2) is 154 Å². The van der Waals surface area contributed by atoms with Crippen molar-refractivity contribution >= 4 is 75.7 Å². The number of phosphoric acid groups is 3. The van der Waals surface area contributed by atoms with Gasteiger partial charge in [-0.25, -0.2) is 24.0 Å². The topological polar surface area (TPSA) is 675 Å². The van der Waals surface area contributed by atoms with E-state index in [0.717, 1.165) is 49.9 Å². The number of nitrogens with zero attached hydrogens (tertiary/aromatic N) is 3. The maximum atomic E-state index is 12.6. The molecule has 10 unspecified atom stereocenters. The smallest absolute Gasteiger partial charge is 0.412 e. The second-order valence-corrected chi connectivity index (χ2v) is 36.7. The van der Waals surface area contributed by atoms with Crippen molar-refractivity contribution in [2.24, 2.45) is 0 Å². The number of aromatic nitrogens is 6. The molecule has 620 valence electrons. The lowest BCUT2D eigenvalue weighted by atomic mass is 10.1. The highest BCUT2D eigenvalue weighted by atomic mass is 31.3. The van der Waals surface area contributed by atoms with E-state index < -0.39 is 222 Å². The number of aliphatic hydroxyl groups excluding tert-OH is 2. The molecular weight excluding hydrogens is 1650 g/mol. The van der Waals surface area contributed by atoms with Gasteiger partial charge in [0.2, 0.25) is 0 Å². The van der Waals surface area contributed by atoms with Gasteiger partial charge in [0.1, 0.15) is 65.5 Å². The summed E-state index contributed by atoms with van der Waals surface area (Å²) in [5, 5.41) is 30.8. The van der Waals surface area contributed by atoms with E-state index in [2.05, 4.69) is 32.3 Å². The van der Waals surface area contributed by atoms with Crippen molar-refractivity contribution in [1.82, 2.24) is 28.7 Å². The number of amides is 1. The minimum Gasteiger partial charge on any atom is -0.778 e. The minimum atomic E-state index is -5.60. The number of carboxylic acid groups (broad SMARTS) is 1. The summed E-state index contributed by atoms with van der Waals surface area (Å²) in [5.74, 6) is -2.40. The molecule has 114 heavy (non-hydrogen) atoms. The number of aliphatic hydroxyl groups is 2. The Kier molecular flexibility index (Phi) is 29.6. The second-order valence-electron chi connectivity index (χ2n) is 25.8. The van der Waals surface area contributed by atoms with Crippen LogP contribution in [0.5, 0.6) is 0 Å². The largest absolute Gasteiger partial charge is 0.778 e. The molecule has 51 heteroatoms. The van der Waals surface area contributed by atoms with E-state index in [1.165, 1.54) is 75.5 Å². The van der Waals surface area contributed by atoms with E-state index in [4.69, 9.17) is 48.5 Å². The fourth-order valence-corrected chi connectivity index (χ4v) is 18.5. The second kappa shape index (κ2) is 37.7. The first kappa shape index (κ1) is 89.5. The number of phosphoric ester groups is 3. The summed E-state index contributed by atoms with van der Waals surface area (Å²) in [6.45, 7) is 0.976. The molecule has 0 bridgehead atoms. The van der Waals surface area contributed by atoms with Crippen LogP contribution in [0, 0.1) is 0 Å². The van der Waals surface area contributed by atoms with Gasteiger partial charge in [-0.05, 0) is 47.5 Å². The number of carbonyl (C=O) groups is 3. The quantitative estimate of drug-likeness (QED) is 0.0165. The highest BCUT2D eigenvalue weighted by molar-refractivity contribution is 7.64. The zero-order chi connectivity index (χ0) is 83.5. The van der Waals surface area contributed by atoms with Crippen LogP contribution in [0.1, 0.15) is 67.4 Å². The molecule has 7 heterocycles. The van der Waals surface area contributed by atoms with E-state index in [9.17, 15) is 110 Å². The molecule has 45 nitrogen and oxygen atoms in total. The fourth-order valence-electron chi connectivity index (χ4n) is 10.8. The van der Waals surface area contributed by atoms with Crippen LogP contribution < -0.4 is 74.2 Å². The predicted molar refractivity (Wildman–Crippen MR) is 376 cm³/mol. The van der Waals surface area contributed by atoms with Crippen molar-refractivity contribution in [3.8, 4) is 0 Å². The Morgan fingerprint density at radius 3 is 1.41 bits per heavy atom. The third-order valence-corrected chi connectivity index (χ3v) is 26.1. The molecule has 4 saturated heterocycles. The molecule has 7 aromatic rings. The molecule has 4 fully saturated rings. The number of aromatic amines is 3. The van der Waals surface area contributed by atoms with Crippen LogP contribution in [0.25, 0.3) is 0 Å². The number of esters is 1. The van der Waals surface area contributed by atoms with E-state index in [1.807, 2.05) is 40.3 Å². The van der Waals surface area contributed by atoms with Crippen LogP contribution >= 0.6 is 46.3 Å². The number of nitrogens with two attached hydrogens (primary N) is 1. The Morgan fingerprint density at radius 1 is 0.518 bits per heavy atom. The first-order valence-corrected chi connectivity index (χ1v) is 42.6. The molecular formula is C63H70N8O37P6-6. The molecule has 4 aliphatic heterocycles. The summed E-state index contributed by atoms with van der Waals surface area (Å²) in [4.78, 5) is 186. The Bertz CT molecular complexity index is 5220. The number of aliphatic carboxylic acids is 1. The summed E-state index contributed by atoms with van der Waals surface area (Å²) < 4.78 is 141. The fraction of sp³-hybridized carbons (Fsp3) is 0.381. The van der Waals surface area contributed by atoms with Crippen molar-refractivity contribution in [3.05, 3.63) is 231 Å². The summed E-state index contributed by atoms with van der Waals surface area (Å²) >= 11 is 0. The number of hydrogen-bond acceptors (Lipinski definition) is 37. The van der Waals surface area contributed by atoms with E-state index in [0.29, 0.717) is 17.8 Å². The molecule has 4 aliphatic rings. The van der Waals surface area contributed by atoms with Gasteiger partial charge in [0.25, 0.3) is 40.1 Å². The Morgan fingerprint density at radius 2 is 0.939 bits per heavy atom. The SMILES string of the molecule is CC(C)(C)P(=O)([O-])OP(=O)([O-])OC[C@H]1O[C@@H](n2ccc(=O)[nH]c2=O)C(OC(=O)c2ccccc2)[C@H]1O.Nc1ccc(CP(=O)([O-])OP(=O)([O-])OC[C@H]2O[C@@H](n3ccc(=O)[nH]c3=O)C3OC(Cc4ccccc4)O[C@H]32)cc1.O=C(O)CCP(=O)([O-])OP(=O)([O-])OC[C@H]1O[C@@H](n2ccc(=O)[nH]c2=O)C(OC(=O)Nc2ccccc2)[C@H]1O. The summed E-state index contributed by atoms with van der Waals surface area (Å²) in [7, 11) is -31.4. The normalized spacial score (nSPS) is 25.7. The number of carbonyl (C=O) groups excluding carboxylic acids is 2.